The van der Waals surface area contributed by atoms with Crippen molar-refractivity contribution in [3.05, 3.63) is 35.6 Å². The summed E-state index contributed by atoms with van der Waals surface area (Å²) in [5, 5.41) is 7.25. The van der Waals surface area contributed by atoms with Crippen molar-refractivity contribution in [1.82, 2.24) is 10.6 Å². The molecule has 0 bridgehead atoms. The lowest BCUT2D eigenvalue weighted by Crippen LogP contribution is -2.51. The van der Waals surface area contributed by atoms with E-state index in [4.69, 9.17) is 4.42 Å². The van der Waals surface area contributed by atoms with Crippen molar-refractivity contribution in [3.63, 3.8) is 0 Å². The molecule has 0 aliphatic carbocycles. The Morgan fingerprint density at radius 3 is 2.70 bits per heavy atom. The fourth-order valence-electron chi connectivity index (χ4n) is 2.48. The minimum Gasteiger partial charge on any atom is -0.459 e. The second kappa shape index (κ2) is 5.85. The van der Waals surface area contributed by atoms with Gasteiger partial charge in [-0.25, -0.2) is 0 Å². The van der Waals surface area contributed by atoms with Gasteiger partial charge in [-0.15, -0.1) is 12.4 Å². The van der Waals surface area contributed by atoms with Gasteiger partial charge in [-0.3, -0.25) is 4.79 Å². The molecule has 2 aromatic rings. The minimum absolute atomic E-state index is 0. The molecule has 1 saturated heterocycles. The number of aryl methyl sites for hydroxylation is 1. The topological polar surface area (TPSA) is 54.3 Å². The molecule has 2 N–H and O–H groups in total. The molecule has 108 valence electrons. The van der Waals surface area contributed by atoms with Gasteiger partial charge in [0.1, 0.15) is 11.3 Å². The predicted molar refractivity (Wildman–Crippen MR) is 81.1 cm³/mol. The van der Waals surface area contributed by atoms with Crippen molar-refractivity contribution in [2.45, 2.75) is 19.9 Å². The number of rotatable bonds is 3. The molecule has 1 unspecified atom stereocenters. The van der Waals surface area contributed by atoms with Gasteiger partial charge in [0.05, 0.1) is 12.0 Å². The minimum atomic E-state index is -0.0968. The standard InChI is InChI=1S/C15H18N2O2.ClH/c1-9-12-5-3-4-6-13(12)19-14(9)10(2)17-15(18)11-7-16-8-11;/h3-6,10-11,16H,7-8H2,1-2H3,(H,17,18);1H. The number of carbonyl (C=O) groups excluding carboxylic acids is 1. The zero-order valence-corrected chi connectivity index (χ0v) is 12.4. The summed E-state index contributed by atoms with van der Waals surface area (Å²) < 4.78 is 5.86. The molecule has 0 saturated carbocycles. The largest absolute Gasteiger partial charge is 0.459 e. The summed E-state index contributed by atoms with van der Waals surface area (Å²) in [6, 6.07) is 7.86. The summed E-state index contributed by atoms with van der Waals surface area (Å²) in [4.78, 5) is 11.9. The van der Waals surface area contributed by atoms with Crippen LogP contribution in [0.1, 0.15) is 24.3 Å². The average molecular weight is 295 g/mol. The number of amides is 1. The molecule has 5 heteroatoms. The van der Waals surface area contributed by atoms with Crippen LogP contribution in [-0.2, 0) is 4.79 Å². The van der Waals surface area contributed by atoms with Gasteiger partial charge in [0.15, 0.2) is 0 Å². The number of hydrogen-bond donors (Lipinski definition) is 2. The Balaban J connectivity index is 0.00000147. The molecule has 4 nitrogen and oxygen atoms in total. The molecule has 1 aliphatic heterocycles. The Morgan fingerprint density at radius 2 is 2.10 bits per heavy atom. The van der Waals surface area contributed by atoms with E-state index in [1.165, 1.54) is 0 Å². The summed E-state index contributed by atoms with van der Waals surface area (Å²) in [6.07, 6.45) is 0. The van der Waals surface area contributed by atoms with E-state index in [0.717, 1.165) is 35.4 Å². The number of nitrogens with one attached hydrogen (secondary N) is 2. The van der Waals surface area contributed by atoms with Crippen LogP contribution in [0.2, 0.25) is 0 Å². The van der Waals surface area contributed by atoms with Crippen LogP contribution in [0, 0.1) is 12.8 Å². The molecule has 1 atom stereocenters. The first kappa shape index (κ1) is 14.9. The summed E-state index contributed by atoms with van der Waals surface area (Å²) in [5.74, 6) is 1.06. The van der Waals surface area contributed by atoms with Crippen LogP contribution < -0.4 is 10.6 Å². The van der Waals surface area contributed by atoms with E-state index in [9.17, 15) is 4.79 Å². The van der Waals surface area contributed by atoms with Gasteiger partial charge >= 0.3 is 0 Å². The fourth-order valence-corrected chi connectivity index (χ4v) is 2.48. The maximum atomic E-state index is 11.9. The van der Waals surface area contributed by atoms with E-state index in [2.05, 4.69) is 10.6 Å². The van der Waals surface area contributed by atoms with Gasteiger partial charge < -0.3 is 15.1 Å². The number of fused-ring (bicyclic) bond motifs is 1. The fraction of sp³-hybridized carbons (Fsp3) is 0.400. The molecular weight excluding hydrogens is 276 g/mol. The lowest BCUT2D eigenvalue weighted by atomic mass is 10.0. The number of para-hydroxylation sites is 1. The van der Waals surface area contributed by atoms with Gasteiger partial charge in [-0.1, -0.05) is 18.2 Å². The predicted octanol–water partition coefficient (Wildman–Crippen LogP) is 2.56. The highest BCUT2D eigenvalue weighted by Crippen LogP contribution is 2.29. The number of halogens is 1. The molecular formula is C15H19ClN2O2. The maximum Gasteiger partial charge on any atom is 0.226 e. The number of benzene rings is 1. The van der Waals surface area contributed by atoms with Crippen molar-refractivity contribution in [2.75, 3.05) is 13.1 Å². The Labute approximate surface area is 124 Å². The highest BCUT2D eigenvalue weighted by atomic mass is 35.5. The molecule has 2 heterocycles. The van der Waals surface area contributed by atoms with E-state index in [-0.39, 0.29) is 30.3 Å². The second-order valence-electron chi connectivity index (χ2n) is 5.17. The SMILES string of the molecule is Cc1c(C(C)NC(=O)C2CNC2)oc2ccccc12.Cl. The van der Waals surface area contributed by atoms with Gasteiger partial charge in [-0.05, 0) is 19.9 Å². The third kappa shape index (κ3) is 2.53. The molecule has 1 fully saturated rings. The molecule has 0 radical (unpaired) electrons. The van der Waals surface area contributed by atoms with Gasteiger partial charge in [-0.2, -0.15) is 0 Å². The average Bonchev–Trinajstić information content (AvgIpc) is 2.65. The van der Waals surface area contributed by atoms with Gasteiger partial charge in [0.2, 0.25) is 5.91 Å². The highest BCUT2D eigenvalue weighted by Gasteiger charge is 2.27. The van der Waals surface area contributed by atoms with E-state index >= 15 is 0 Å². The van der Waals surface area contributed by atoms with E-state index in [1.54, 1.807) is 0 Å². The monoisotopic (exact) mass is 294 g/mol. The maximum absolute atomic E-state index is 11.9. The summed E-state index contributed by atoms with van der Waals surface area (Å²) in [5.41, 5.74) is 1.98. The van der Waals surface area contributed by atoms with Gasteiger partial charge in [0, 0.05) is 24.0 Å². The lowest BCUT2D eigenvalue weighted by molar-refractivity contribution is -0.127. The van der Waals surface area contributed by atoms with E-state index in [0.29, 0.717) is 0 Å². The third-order valence-corrected chi connectivity index (χ3v) is 3.78. The first-order valence-electron chi connectivity index (χ1n) is 6.66. The van der Waals surface area contributed by atoms with Crippen molar-refractivity contribution in [1.29, 1.82) is 0 Å². The number of carbonyl (C=O) groups is 1. The molecule has 20 heavy (non-hydrogen) atoms. The molecule has 3 rings (SSSR count). The first-order chi connectivity index (χ1) is 9.16. The zero-order valence-electron chi connectivity index (χ0n) is 11.6. The summed E-state index contributed by atoms with van der Waals surface area (Å²) in [6.45, 7) is 5.55. The van der Waals surface area contributed by atoms with Crippen LogP contribution >= 0.6 is 12.4 Å². The van der Waals surface area contributed by atoms with Crippen molar-refractivity contribution in [3.8, 4) is 0 Å². The molecule has 1 aromatic heterocycles. The van der Waals surface area contributed by atoms with Crippen molar-refractivity contribution >= 4 is 29.3 Å². The Morgan fingerprint density at radius 1 is 1.40 bits per heavy atom. The molecule has 0 spiro atoms. The van der Waals surface area contributed by atoms with Crippen molar-refractivity contribution in [2.24, 2.45) is 5.92 Å². The first-order valence-corrected chi connectivity index (χ1v) is 6.66. The second-order valence-corrected chi connectivity index (χ2v) is 5.17. The highest BCUT2D eigenvalue weighted by molar-refractivity contribution is 5.85. The Hall–Kier alpha value is -1.52. The summed E-state index contributed by atoms with van der Waals surface area (Å²) >= 11 is 0. The Bertz CT molecular complexity index is 619. The van der Waals surface area contributed by atoms with Crippen LogP contribution in [0.15, 0.2) is 28.7 Å². The van der Waals surface area contributed by atoms with E-state index in [1.807, 2.05) is 38.1 Å². The van der Waals surface area contributed by atoms with Crippen LogP contribution in [-0.4, -0.2) is 19.0 Å². The van der Waals surface area contributed by atoms with Crippen LogP contribution in [0.5, 0.6) is 0 Å². The Kier molecular flexibility index (Phi) is 4.35. The van der Waals surface area contributed by atoms with Crippen LogP contribution in [0.25, 0.3) is 11.0 Å². The molecule has 1 amide bonds. The van der Waals surface area contributed by atoms with Crippen LogP contribution in [0.4, 0.5) is 0 Å². The number of hydrogen-bond acceptors (Lipinski definition) is 3. The normalized spacial score (nSPS) is 16.3. The van der Waals surface area contributed by atoms with Crippen molar-refractivity contribution < 1.29 is 9.21 Å². The lowest BCUT2D eigenvalue weighted by Gasteiger charge is -2.27. The quantitative estimate of drug-likeness (QED) is 0.915. The third-order valence-electron chi connectivity index (χ3n) is 3.78. The molecule has 1 aromatic carbocycles. The van der Waals surface area contributed by atoms with Crippen LogP contribution in [0.3, 0.4) is 0 Å². The number of furan rings is 1. The molecule has 1 aliphatic rings. The smallest absolute Gasteiger partial charge is 0.226 e. The van der Waals surface area contributed by atoms with E-state index < -0.39 is 0 Å². The zero-order chi connectivity index (χ0) is 13.4. The summed E-state index contributed by atoms with van der Waals surface area (Å²) in [7, 11) is 0. The van der Waals surface area contributed by atoms with Gasteiger partial charge in [0.25, 0.3) is 0 Å².